The number of hydrogen-bond donors (Lipinski definition) is 0. The Labute approximate surface area is 118 Å². The molecule has 0 saturated carbocycles. The van der Waals surface area contributed by atoms with Crippen molar-refractivity contribution in [2.75, 3.05) is 26.2 Å². The Morgan fingerprint density at radius 3 is 2.30 bits per heavy atom. The summed E-state index contributed by atoms with van der Waals surface area (Å²) in [5.41, 5.74) is 0.920. The quantitative estimate of drug-likeness (QED) is 0.734. The Hall–Kier alpha value is -2.17. The van der Waals surface area contributed by atoms with E-state index in [1.54, 1.807) is 0 Å². The van der Waals surface area contributed by atoms with Crippen LogP contribution in [0.1, 0.15) is 12.5 Å². The molecule has 1 heterocycles. The van der Waals surface area contributed by atoms with Crippen molar-refractivity contribution >= 4 is 17.6 Å². The van der Waals surface area contributed by atoms with E-state index < -0.39 is 11.8 Å². The Bertz CT molecular complexity index is 513. The molecule has 20 heavy (non-hydrogen) atoms. The predicted octanol–water partition coefficient (Wildman–Crippen LogP) is 0.489. The minimum atomic E-state index is -0.570. The van der Waals surface area contributed by atoms with E-state index in [4.69, 9.17) is 0 Å². The lowest BCUT2D eigenvalue weighted by Crippen LogP contribution is -2.55. The summed E-state index contributed by atoms with van der Waals surface area (Å²) in [5, 5.41) is 0. The summed E-state index contributed by atoms with van der Waals surface area (Å²) in [6.07, 6.45) is 0.288. The van der Waals surface area contributed by atoms with Gasteiger partial charge in [0.05, 0.1) is 6.54 Å². The molecule has 1 aliphatic rings. The molecule has 5 heteroatoms. The van der Waals surface area contributed by atoms with E-state index in [0.717, 1.165) is 5.56 Å². The fourth-order valence-corrected chi connectivity index (χ4v) is 2.26. The second-order valence-corrected chi connectivity index (χ2v) is 4.81. The van der Waals surface area contributed by atoms with Crippen molar-refractivity contribution < 1.29 is 14.4 Å². The van der Waals surface area contributed by atoms with E-state index in [1.807, 2.05) is 37.3 Å². The fraction of sp³-hybridized carbons (Fsp3) is 0.400. The molecule has 1 saturated heterocycles. The summed E-state index contributed by atoms with van der Waals surface area (Å²) in [6.45, 7) is 3.30. The average Bonchev–Trinajstić information content (AvgIpc) is 2.45. The second-order valence-electron chi connectivity index (χ2n) is 4.81. The van der Waals surface area contributed by atoms with Crippen LogP contribution in [0.4, 0.5) is 0 Å². The molecule has 0 unspecified atom stereocenters. The largest absolute Gasteiger partial charge is 0.333 e. The third-order valence-electron chi connectivity index (χ3n) is 3.39. The lowest BCUT2D eigenvalue weighted by Gasteiger charge is -2.32. The van der Waals surface area contributed by atoms with E-state index in [0.29, 0.717) is 19.6 Å². The van der Waals surface area contributed by atoms with Crippen molar-refractivity contribution in [2.24, 2.45) is 0 Å². The summed E-state index contributed by atoms with van der Waals surface area (Å²) in [4.78, 5) is 38.4. The molecule has 0 N–H and O–H groups in total. The Kier molecular flexibility index (Phi) is 4.50. The van der Waals surface area contributed by atoms with Gasteiger partial charge < -0.3 is 9.80 Å². The minimum Gasteiger partial charge on any atom is -0.333 e. The molecular weight excluding hydrogens is 256 g/mol. The van der Waals surface area contributed by atoms with Crippen LogP contribution in [0.25, 0.3) is 0 Å². The van der Waals surface area contributed by atoms with Gasteiger partial charge in [0, 0.05) is 26.1 Å². The second kappa shape index (κ2) is 6.32. The Balaban J connectivity index is 1.92. The van der Waals surface area contributed by atoms with E-state index in [1.165, 1.54) is 9.80 Å². The monoisotopic (exact) mass is 274 g/mol. The topological polar surface area (TPSA) is 57.7 Å². The molecule has 0 atom stereocenters. The van der Waals surface area contributed by atoms with Crippen molar-refractivity contribution in [1.29, 1.82) is 0 Å². The van der Waals surface area contributed by atoms with E-state index >= 15 is 0 Å². The number of carbonyl (C=O) groups excluding carboxylic acids is 3. The highest BCUT2D eigenvalue weighted by Gasteiger charge is 2.32. The summed E-state index contributed by atoms with van der Waals surface area (Å²) >= 11 is 0. The summed E-state index contributed by atoms with van der Waals surface area (Å²) in [7, 11) is 0. The zero-order chi connectivity index (χ0) is 14.5. The van der Waals surface area contributed by atoms with Crippen LogP contribution in [0.3, 0.4) is 0 Å². The van der Waals surface area contributed by atoms with Crippen LogP contribution in [-0.2, 0) is 20.8 Å². The van der Waals surface area contributed by atoms with Gasteiger partial charge in [-0.25, -0.2) is 0 Å². The van der Waals surface area contributed by atoms with Crippen LogP contribution in [-0.4, -0.2) is 53.6 Å². The molecule has 0 radical (unpaired) electrons. The van der Waals surface area contributed by atoms with Gasteiger partial charge in [-0.2, -0.15) is 0 Å². The highest BCUT2D eigenvalue weighted by molar-refractivity contribution is 6.35. The van der Waals surface area contributed by atoms with Crippen LogP contribution in [0.2, 0.25) is 0 Å². The van der Waals surface area contributed by atoms with Crippen LogP contribution < -0.4 is 0 Å². The lowest BCUT2D eigenvalue weighted by molar-refractivity contribution is -0.156. The molecule has 106 valence electrons. The minimum absolute atomic E-state index is 0.0109. The van der Waals surface area contributed by atoms with Crippen molar-refractivity contribution in [3.63, 3.8) is 0 Å². The molecular formula is C15H18N2O3. The van der Waals surface area contributed by atoms with Crippen molar-refractivity contribution in [2.45, 2.75) is 13.3 Å². The van der Waals surface area contributed by atoms with E-state index in [-0.39, 0.29) is 18.7 Å². The number of benzene rings is 1. The zero-order valence-electron chi connectivity index (χ0n) is 11.5. The average molecular weight is 274 g/mol. The third-order valence-corrected chi connectivity index (χ3v) is 3.39. The zero-order valence-corrected chi connectivity index (χ0v) is 11.5. The molecule has 1 aliphatic heterocycles. The van der Waals surface area contributed by atoms with Crippen molar-refractivity contribution in [3.8, 4) is 0 Å². The van der Waals surface area contributed by atoms with E-state index in [2.05, 4.69) is 0 Å². The molecule has 1 aromatic carbocycles. The Morgan fingerprint density at radius 2 is 1.65 bits per heavy atom. The molecule has 1 fully saturated rings. The number of piperazine rings is 1. The van der Waals surface area contributed by atoms with E-state index in [9.17, 15) is 14.4 Å². The van der Waals surface area contributed by atoms with Gasteiger partial charge in [-0.3, -0.25) is 14.4 Å². The predicted molar refractivity (Wildman–Crippen MR) is 74.0 cm³/mol. The first-order chi connectivity index (χ1) is 9.61. The van der Waals surface area contributed by atoms with Crippen LogP contribution in [0.5, 0.6) is 0 Å². The van der Waals surface area contributed by atoms with Crippen molar-refractivity contribution in [1.82, 2.24) is 9.80 Å². The van der Waals surface area contributed by atoms with Crippen LogP contribution >= 0.6 is 0 Å². The number of amides is 2. The maximum Gasteiger partial charge on any atom is 0.312 e. The number of hydrogen-bond acceptors (Lipinski definition) is 3. The van der Waals surface area contributed by atoms with Gasteiger partial charge in [-0.05, 0) is 12.5 Å². The first-order valence-electron chi connectivity index (χ1n) is 6.75. The summed E-state index contributed by atoms with van der Waals surface area (Å²) < 4.78 is 0. The molecule has 2 amide bonds. The van der Waals surface area contributed by atoms with Crippen LogP contribution in [0, 0.1) is 0 Å². The molecule has 0 bridgehead atoms. The number of rotatable bonds is 5. The molecule has 5 nitrogen and oxygen atoms in total. The van der Waals surface area contributed by atoms with Gasteiger partial charge in [0.2, 0.25) is 0 Å². The fourth-order valence-electron chi connectivity index (χ4n) is 2.26. The number of carbonyl (C=O) groups is 3. The molecule has 2 rings (SSSR count). The first-order valence-corrected chi connectivity index (χ1v) is 6.75. The third kappa shape index (κ3) is 3.23. The summed E-state index contributed by atoms with van der Waals surface area (Å²) in [6, 6.07) is 9.38. The summed E-state index contributed by atoms with van der Waals surface area (Å²) in [5.74, 6) is -1.13. The van der Waals surface area contributed by atoms with Gasteiger partial charge in [0.15, 0.2) is 5.78 Å². The standard InChI is InChI=1S/C15H18N2O3/c1-2-16-8-9-17(15(20)14(16)19)11-13(18)10-12-6-4-3-5-7-12/h3-7H,2,8-11H2,1H3. The van der Waals surface area contributed by atoms with Gasteiger partial charge in [-0.1, -0.05) is 30.3 Å². The highest BCUT2D eigenvalue weighted by atomic mass is 16.2. The number of Topliss-reactive ketones (excluding diaryl/α,β-unsaturated/α-hetero) is 1. The van der Waals surface area contributed by atoms with Gasteiger partial charge in [-0.15, -0.1) is 0 Å². The SMILES string of the molecule is CCN1CCN(CC(=O)Cc2ccccc2)C(=O)C1=O. The van der Waals surface area contributed by atoms with Gasteiger partial charge >= 0.3 is 11.8 Å². The number of nitrogens with zero attached hydrogens (tertiary/aromatic N) is 2. The number of likely N-dealkylation sites (N-methyl/N-ethyl adjacent to an activating group) is 1. The smallest absolute Gasteiger partial charge is 0.312 e. The highest BCUT2D eigenvalue weighted by Crippen LogP contribution is 2.06. The normalized spacial score (nSPS) is 15.7. The van der Waals surface area contributed by atoms with Crippen molar-refractivity contribution in [3.05, 3.63) is 35.9 Å². The van der Waals surface area contributed by atoms with Crippen LogP contribution in [0.15, 0.2) is 30.3 Å². The Morgan fingerprint density at radius 1 is 1.05 bits per heavy atom. The molecule has 0 spiro atoms. The first kappa shape index (κ1) is 14.2. The maximum absolute atomic E-state index is 12.0. The molecule has 0 aromatic heterocycles. The number of ketones is 1. The molecule has 1 aromatic rings. The lowest BCUT2D eigenvalue weighted by atomic mass is 10.1. The maximum atomic E-state index is 12.0. The molecule has 0 aliphatic carbocycles. The van der Waals surface area contributed by atoms with Gasteiger partial charge in [0.25, 0.3) is 0 Å². The van der Waals surface area contributed by atoms with Gasteiger partial charge in [0.1, 0.15) is 0 Å².